The standard InChI is InChI=1S/C21H25ClN2O2S/c22-20-7-3-4-17(12-20)15-27-16-21(25)23-13-18-5-1-2-6-19(18)14-24-8-10-26-11-9-24/h1-7,12H,8-11,13-16H2,(H,23,25)/p+1. The summed E-state index contributed by atoms with van der Waals surface area (Å²) in [6.45, 7) is 5.31. The molecule has 0 atom stereocenters. The van der Waals surface area contributed by atoms with Crippen molar-refractivity contribution in [2.24, 2.45) is 0 Å². The Hall–Kier alpha value is -1.53. The molecule has 2 aromatic carbocycles. The molecule has 4 nitrogen and oxygen atoms in total. The van der Waals surface area contributed by atoms with Crippen LogP contribution in [0.5, 0.6) is 0 Å². The van der Waals surface area contributed by atoms with Crippen LogP contribution in [0, 0.1) is 0 Å². The predicted octanol–water partition coefficient (Wildman–Crippen LogP) is 2.30. The molecule has 1 aliphatic heterocycles. The maximum absolute atomic E-state index is 12.2. The number of morpholine rings is 1. The van der Waals surface area contributed by atoms with E-state index in [0.717, 1.165) is 49.2 Å². The Labute approximate surface area is 170 Å². The highest BCUT2D eigenvalue weighted by atomic mass is 35.5. The fourth-order valence-corrected chi connectivity index (χ4v) is 4.16. The van der Waals surface area contributed by atoms with Gasteiger partial charge in [-0.15, -0.1) is 11.8 Å². The van der Waals surface area contributed by atoms with Crippen LogP contribution in [0.4, 0.5) is 0 Å². The van der Waals surface area contributed by atoms with Gasteiger partial charge in [0.2, 0.25) is 5.91 Å². The highest BCUT2D eigenvalue weighted by Crippen LogP contribution is 2.16. The van der Waals surface area contributed by atoms with Crippen molar-refractivity contribution in [3.63, 3.8) is 0 Å². The third-order valence-electron chi connectivity index (χ3n) is 4.63. The molecule has 0 aliphatic carbocycles. The number of quaternary nitrogens is 1. The van der Waals surface area contributed by atoms with Crippen molar-refractivity contribution in [2.75, 3.05) is 32.1 Å². The monoisotopic (exact) mass is 405 g/mol. The number of nitrogens with one attached hydrogen (secondary N) is 2. The van der Waals surface area contributed by atoms with Crippen LogP contribution >= 0.6 is 23.4 Å². The molecule has 27 heavy (non-hydrogen) atoms. The fraction of sp³-hybridized carbons (Fsp3) is 0.381. The molecule has 0 radical (unpaired) electrons. The van der Waals surface area contributed by atoms with Crippen LogP contribution in [0.1, 0.15) is 16.7 Å². The molecule has 1 fully saturated rings. The lowest BCUT2D eigenvalue weighted by Gasteiger charge is -2.24. The number of hydrogen-bond acceptors (Lipinski definition) is 3. The van der Waals surface area contributed by atoms with Gasteiger partial charge in [0.15, 0.2) is 0 Å². The summed E-state index contributed by atoms with van der Waals surface area (Å²) in [5.74, 6) is 1.30. The van der Waals surface area contributed by atoms with Crippen molar-refractivity contribution in [3.8, 4) is 0 Å². The Balaban J connectivity index is 1.44. The van der Waals surface area contributed by atoms with Crippen molar-refractivity contribution >= 4 is 29.3 Å². The first-order valence-corrected chi connectivity index (χ1v) is 10.8. The molecule has 0 spiro atoms. The summed E-state index contributed by atoms with van der Waals surface area (Å²) >= 11 is 7.59. The molecule has 144 valence electrons. The lowest BCUT2D eigenvalue weighted by Crippen LogP contribution is -3.12. The third-order valence-corrected chi connectivity index (χ3v) is 5.86. The number of benzene rings is 2. The number of carbonyl (C=O) groups is 1. The third kappa shape index (κ3) is 6.85. The maximum Gasteiger partial charge on any atom is 0.230 e. The van der Waals surface area contributed by atoms with Crippen LogP contribution in [0.25, 0.3) is 0 Å². The summed E-state index contributed by atoms with van der Waals surface area (Å²) < 4.78 is 5.44. The first kappa shape index (κ1) is 20.2. The van der Waals surface area contributed by atoms with Crippen molar-refractivity contribution in [2.45, 2.75) is 18.8 Å². The predicted molar refractivity (Wildman–Crippen MR) is 111 cm³/mol. The fourth-order valence-electron chi connectivity index (χ4n) is 3.14. The Bertz CT molecular complexity index is 750. The van der Waals surface area contributed by atoms with Crippen molar-refractivity contribution in [1.29, 1.82) is 0 Å². The van der Waals surface area contributed by atoms with Gasteiger partial charge in [0, 0.05) is 22.9 Å². The Morgan fingerprint density at radius 1 is 1.11 bits per heavy atom. The average Bonchev–Trinajstić information content (AvgIpc) is 2.68. The van der Waals surface area contributed by atoms with Crippen LogP contribution in [0.3, 0.4) is 0 Å². The van der Waals surface area contributed by atoms with Crippen LogP contribution in [0.2, 0.25) is 5.02 Å². The second-order valence-electron chi connectivity index (χ2n) is 6.71. The van der Waals surface area contributed by atoms with Crippen LogP contribution < -0.4 is 10.2 Å². The lowest BCUT2D eigenvalue weighted by molar-refractivity contribution is -0.921. The summed E-state index contributed by atoms with van der Waals surface area (Å²) in [7, 11) is 0. The van der Waals surface area contributed by atoms with Crippen molar-refractivity contribution < 1.29 is 14.4 Å². The number of halogens is 1. The zero-order valence-electron chi connectivity index (χ0n) is 15.4. The van der Waals surface area contributed by atoms with E-state index in [1.165, 1.54) is 16.0 Å². The van der Waals surface area contributed by atoms with Gasteiger partial charge in [-0.05, 0) is 23.3 Å². The van der Waals surface area contributed by atoms with Crippen LogP contribution in [-0.2, 0) is 28.4 Å². The number of amides is 1. The number of ether oxygens (including phenoxy) is 1. The van der Waals surface area contributed by atoms with Crippen molar-refractivity contribution in [3.05, 3.63) is 70.2 Å². The molecule has 0 bridgehead atoms. The van der Waals surface area contributed by atoms with E-state index >= 15 is 0 Å². The average molecular weight is 406 g/mol. The number of hydrogen-bond donors (Lipinski definition) is 2. The van der Waals surface area contributed by atoms with Crippen LogP contribution in [-0.4, -0.2) is 38.0 Å². The minimum atomic E-state index is 0.0653. The summed E-state index contributed by atoms with van der Waals surface area (Å²) in [5.41, 5.74) is 3.64. The van der Waals surface area contributed by atoms with Gasteiger partial charge in [-0.1, -0.05) is 48.0 Å². The van der Waals surface area contributed by atoms with E-state index in [1.807, 2.05) is 30.3 Å². The summed E-state index contributed by atoms with van der Waals surface area (Å²) in [6, 6.07) is 16.1. The SMILES string of the molecule is O=C(CSCc1cccc(Cl)c1)NCc1ccccc1C[NH+]1CCOCC1. The highest BCUT2D eigenvalue weighted by Gasteiger charge is 2.16. The van der Waals surface area contributed by atoms with E-state index in [1.54, 1.807) is 11.8 Å². The molecular formula is C21H26ClN2O2S+. The molecule has 0 unspecified atom stereocenters. The van der Waals surface area contributed by atoms with Crippen molar-refractivity contribution in [1.82, 2.24) is 5.32 Å². The smallest absolute Gasteiger partial charge is 0.230 e. The van der Waals surface area contributed by atoms with Gasteiger partial charge in [0.1, 0.15) is 19.6 Å². The van der Waals surface area contributed by atoms with E-state index in [-0.39, 0.29) is 5.91 Å². The minimum Gasteiger partial charge on any atom is -0.370 e. The molecule has 2 aromatic rings. The molecule has 2 N–H and O–H groups in total. The molecule has 6 heteroatoms. The highest BCUT2D eigenvalue weighted by molar-refractivity contribution is 7.99. The largest absolute Gasteiger partial charge is 0.370 e. The van der Waals surface area contributed by atoms with E-state index in [0.29, 0.717) is 12.3 Å². The van der Waals surface area contributed by atoms with E-state index in [9.17, 15) is 4.79 Å². The molecular weight excluding hydrogens is 380 g/mol. The summed E-state index contributed by atoms with van der Waals surface area (Å²) in [5, 5.41) is 3.79. The molecule has 0 saturated carbocycles. The van der Waals surface area contributed by atoms with Gasteiger partial charge in [0.05, 0.1) is 19.0 Å². The molecule has 1 amide bonds. The molecule has 0 aromatic heterocycles. The molecule has 1 heterocycles. The second kappa shape index (κ2) is 10.7. The number of carbonyl (C=O) groups excluding carboxylic acids is 1. The topological polar surface area (TPSA) is 42.8 Å². The van der Waals surface area contributed by atoms with Gasteiger partial charge in [0.25, 0.3) is 0 Å². The van der Waals surface area contributed by atoms with E-state index < -0.39 is 0 Å². The summed E-state index contributed by atoms with van der Waals surface area (Å²) in [6.07, 6.45) is 0. The molecule has 3 rings (SSSR count). The van der Waals surface area contributed by atoms with Gasteiger partial charge in [-0.25, -0.2) is 0 Å². The Morgan fingerprint density at radius 3 is 2.67 bits per heavy atom. The Kier molecular flexibility index (Phi) is 8.02. The van der Waals surface area contributed by atoms with Gasteiger partial charge >= 0.3 is 0 Å². The van der Waals surface area contributed by atoms with E-state index in [2.05, 4.69) is 23.5 Å². The van der Waals surface area contributed by atoms with Gasteiger partial charge < -0.3 is 15.0 Å². The van der Waals surface area contributed by atoms with E-state index in [4.69, 9.17) is 16.3 Å². The number of thioether (sulfide) groups is 1. The van der Waals surface area contributed by atoms with Crippen LogP contribution in [0.15, 0.2) is 48.5 Å². The quantitative estimate of drug-likeness (QED) is 0.708. The first-order chi connectivity index (χ1) is 13.2. The lowest BCUT2D eigenvalue weighted by atomic mass is 10.1. The van der Waals surface area contributed by atoms with Gasteiger partial charge in [-0.2, -0.15) is 0 Å². The first-order valence-electron chi connectivity index (χ1n) is 9.27. The molecule has 1 aliphatic rings. The summed E-state index contributed by atoms with van der Waals surface area (Å²) in [4.78, 5) is 13.7. The Morgan fingerprint density at radius 2 is 1.89 bits per heavy atom. The minimum absolute atomic E-state index is 0.0653. The van der Waals surface area contributed by atoms with Gasteiger partial charge in [-0.3, -0.25) is 4.79 Å². The normalized spacial score (nSPS) is 14.9. The zero-order valence-corrected chi connectivity index (χ0v) is 17.0. The molecule has 1 saturated heterocycles. The zero-order chi connectivity index (χ0) is 18.9. The second-order valence-corrected chi connectivity index (χ2v) is 8.13. The maximum atomic E-state index is 12.2. The number of rotatable bonds is 8.